The maximum absolute atomic E-state index is 12.8. The van der Waals surface area contributed by atoms with E-state index in [1.165, 1.54) is 4.90 Å². The summed E-state index contributed by atoms with van der Waals surface area (Å²) in [5.74, 6) is -0.596. The van der Waals surface area contributed by atoms with Crippen LogP contribution in [0.2, 0.25) is 0 Å². The molecule has 0 aliphatic carbocycles. The summed E-state index contributed by atoms with van der Waals surface area (Å²) in [5, 5.41) is 0. The highest BCUT2D eigenvalue weighted by Gasteiger charge is 2.35. The largest absolute Gasteiger partial charge is 0.339 e. The van der Waals surface area contributed by atoms with E-state index < -0.39 is 9.84 Å². The highest BCUT2D eigenvalue weighted by atomic mass is 32.2. The zero-order valence-corrected chi connectivity index (χ0v) is 19.3. The van der Waals surface area contributed by atoms with Crippen LogP contribution in [0.25, 0.3) is 0 Å². The van der Waals surface area contributed by atoms with Crippen molar-refractivity contribution in [3.05, 3.63) is 65.7 Å². The molecule has 7 nitrogen and oxygen atoms in total. The van der Waals surface area contributed by atoms with Crippen molar-refractivity contribution in [2.75, 3.05) is 18.8 Å². The van der Waals surface area contributed by atoms with E-state index in [1.807, 2.05) is 0 Å². The molecule has 2 aliphatic heterocycles. The molecule has 0 N–H and O–H groups in total. The van der Waals surface area contributed by atoms with Crippen molar-refractivity contribution < 1.29 is 22.8 Å². The molecule has 4 rings (SSSR count). The number of unbranched alkanes of at least 4 members (excludes halogenated alkanes) is 2. The fraction of sp³-hybridized carbons (Fsp3) is 0.400. The molecule has 3 amide bonds. The SMILES string of the molecule is O=C1c2ccccc2C(=O)N1CCCCCC(=O)N1CCCC1CS(=O)(=O)c1ccccc1. The van der Waals surface area contributed by atoms with E-state index in [-0.39, 0.29) is 34.4 Å². The Balaban J connectivity index is 1.23. The summed E-state index contributed by atoms with van der Waals surface area (Å²) >= 11 is 0. The molecule has 2 aromatic carbocycles. The smallest absolute Gasteiger partial charge is 0.261 e. The lowest BCUT2D eigenvalue weighted by Gasteiger charge is -2.25. The van der Waals surface area contributed by atoms with Crippen molar-refractivity contribution in [1.82, 2.24) is 9.80 Å². The van der Waals surface area contributed by atoms with Crippen LogP contribution in [0.15, 0.2) is 59.5 Å². The van der Waals surface area contributed by atoms with E-state index in [2.05, 4.69) is 0 Å². The Morgan fingerprint density at radius 3 is 2.18 bits per heavy atom. The van der Waals surface area contributed by atoms with Crippen molar-refractivity contribution in [1.29, 1.82) is 0 Å². The third kappa shape index (κ3) is 5.00. The van der Waals surface area contributed by atoms with Crippen molar-refractivity contribution in [2.45, 2.75) is 49.5 Å². The molecule has 33 heavy (non-hydrogen) atoms. The minimum Gasteiger partial charge on any atom is -0.339 e. The van der Waals surface area contributed by atoms with E-state index >= 15 is 0 Å². The number of amides is 3. The molecule has 2 aromatic rings. The fourth-order valence-electron chi connectivity index (χ4n) is 4.62. The summed E-state index contributed by atoms with van der Waals surface area (Å²) in [4.78, 5) is 40.8. The van der Waals surface area contributed by atoms with Crippen molar-refractivity contribution in [3.63, 3.8) is 0 Å². The van der Waals surface area contributed by atoms with Crippen molar-refractivity contribution in [2.24, 2.45) is 0 Å². The van der Waals surface area contributed by atoms with Crippen molar-refractivity contribution in [3.8, 4) is 0 Å². The van der Waals surface area contributed by atoms with Gasteiger partial charge in [-0.2, -0.15) is 0 Å². The molecule has 0 aromatic heterocycles. The van der Waals surface area contributed by atoms with E-state index in [4.69, 9.17) is 0 Å². The lowest BCUT2D eigenvalue weighted by molar-refractivity contribution is -0.131. The average molecular weight is 469 g/mol. The van der Waals surface area contributed by atoms with Crippen LogP contribution in [-0.2, 0) is 14.6 Å². The first kappa shape index (κ1) is 23.2. The maximum Gasteiger partial charge on any atom is 0.261 e. The van der Waals surface area contributed by atoms with Gasteiger partial charge in [0.1, 0.15) is 0 Å². The van der Waals surface area contributed by atoms with E-state index in [9.17, 15) is 22.8 Å². The predicted molar refractivity (Wildman–Crippen MR) is 124 cm³/mol. The standard InChI is InChI=1S/C25H28N2O5S/c28-23(26-17-9-10-19(26)18-33(31,32)20-11-3-1-4-12-20)15-5-2-8-16-27-24(29)21-13-6-7-14-22(21)25(27)30/h1,3-4,6-7,11-14,19H,2,5,8-10,15-18H2. The highest BCUT2D eigenvalue weighted by molar-refractivity contribution is 7.91. The van der Waals surface area contributed by atoms with Gasteiger partial charge < -0.3 is 4.90 Å². The molecule has 0 radical (unpaired) electrons. The number of carbonyl (C=O) groups is 3. The number of nitrogens with zero attached hydrogens (tertiary/aromatic N) is 2. The Bertz CT molecular complexity index is 1110. The minimum absolute atomic E-state index is 0.0264. The first-order valence-corrected chi connectivity index (χ1v) is 13.1. The first-order valence-electron chi connectivity index (χ1n) is 11.4. The molecule has 8 heteroatoms. The number of hydrogen-bond acceptors (Lipinski definition) is 5. The number of hydrogen-bond donors (Lipinski definition) is 0. The molecule has 0 spiro atoms. The average Bonchev–Trinajstić information content (AvgIpc) is 3.37. The molecule has 1 atom stereocenters. The number of fused-ring (bicyclic) bond motifs is 1. The number of likely N-dealkylation sites (tertiary alicyclic amines) is 1. The Hall–Kier alpha value is -3.00. The van der Waals surface area contributed by atoms with Gasteiger partial charge in [-0.1, -0.05) is 36.8 Å². The topological polar surface area (TPSA) is 91.8 Å². The van der Waals surface area contributed by atoms with Gasteiger partial charge in [-0.3, -0.25) is 19.3 Å². The van der Waals surface area contributed by atoms with Crippen molar-refractivity contribution >= 4 is 27.6 Å². The third-order valence-electron chi connectivity index (χ3n) is 6.36. The van der Waals surface area contributed by atoms with Crippen LogP contribution in [0.1, 0.15) is 59.2 Å². The fourth-order valence-corrected chi connectivity index (χ4v) is 6.24. The van der Waals surface area contributed by atoms with Gasteiger partial charge >= 0.3 is 0 Å². The molecule has 1 saturated heterocycles. The lowest BCUT2D eigenvalue weighted by Crippen LogP contribution is -2.39. The molecular weight excluding hydrogens is 440 g/mol. The Morgan fingerprint density at radius 1 is 0.879 bits per heavy atom. The third-order valence-corrected chi connectivity index (χ3v) is 8.18. The van der Waals surface area contributed by atoms with Crippen LogP contribution >= 0.6 is 0 Å². The molecule has 174 valence electrons. The Morgan fingerprint density at radius 2 is 1.52 bits per heavy atom. The van der Waals surface area contributed by atoms with E-state index in [1.54, 1.807) is 59.5 Å². The van der Waals surface area contributed by atoms with Gasteiger partial charge in [0, 0.05) is 25.6 Å². The number of imide groups is 1. The molecule has 0 saturated carbocycles. The van der Waals surface area contributed by atoms with E-state index in [0.29, 0.717) is 56.3 Å². The Kier molecular flexibility index (Phi) is 6.93. The number of carbonyl (C=O) groups excluding carboxylic acids is 3. The molecule has 2 heterocycles. The van der Waals surface area contributed by atoms with Crippen LogP contribution in [0.4, 0.5) is 0 Å². The second-order valence-electron chi connectivity index (χ2n) is 8.60. The van der Waals surface area contributed by atoms with Crippen LogP contribution in [-0.4, -0.2) is 60.8 Å². The van der Waals surface area contributed by atoms with Crippen LogP contribution in [0, 0.1) is 0 Å². The molecule has 1 fully saturated rings. The zero-order valence-electron chi connectivity index (χ0n) is 18.5. The van der Waals surface area contributed by atoms with Gasteiger partial charge in [0.25, 0.3) is 11.8 Å². The van der Waals surface area contributed by atoms with Gasteiger partial charge in [-0.25, -0.2) is 8.42 Å². The summed E-state index contributed by atoms with van der Waals surface area (Å²) in [5.41, 5.74) is 0.895. The summed E-state index contributed by atoms with van der Waals surface area (Å²) < 4.78 is 25.4. The minimum atomic E-state index is -3.45. The normalized spacial score (nSPS) is 18.1. The molecule has 0 bridgehead atoms. The monoisotopic (exact) mass is 468 g/mol. The second kappa shape index (κ2) is 9.87. The predicted octanol–water partition coefficient (Wildman–Crippen LogP) is 3.31. The summed E-state index contributed by atoms with van der Waals surface area (Å²) in [7, 11) is -3.45. The van der Waals surface area contributed by atoms with Gasteiger partial charge in [0.2, 0.25) is 5.91 Å². The Labute approximate surface area is 194 Å². The lowest BCUT2D eigenvalue weighted by atomic mass is 10.1. The summed E-state index contributed by atoms with van der Waals surface area (Å²) in [6.45, 7) is 0.922. The second-order valence-corrected chi connectivity index (χ2v) is 10.6. The van der Waals surface area contributed by atoms with Gasteiger partial charge in [-0.15, -0.1) is 0 Å². The molecular formula is C25H28N2O5S. The first-order chi connectivity index (χ1) is 15.9. The van der Waals surface area contributed by atoms with Crippen LogP contribution in [0.5, 0.6) is 0 Å². The number of rotatable bonds is 9. The molecule has 2 aliphatic rings. The van der Waals surface area contributed by atoms with Gasteiger partial charge in [0.15, 0.2) is 9.84 Å². The zero-order chi connectivity index (χ0) is 23.4. The highest BCUT2D eigenvalue weighted by Crippen LogP contribution is 2.25. The van der Waals surface area contributed by atoms with E-state index in [0.717, 1.165) is 6.42 Å². The number of sulfone groups is 1. The maximum atomic E-state index is 12.8. The van der Waals surface area contributed by atoms with Crippen LogP contribution < -0.4 is 0 Å². The quantitative estimate of drug-likeness (QED) is 0.416. The van der Waals surface area contributed by atoms with Gasteiger partial charge in [-0.05, 0) is 49.9 Å². The summed E-state index contributed by atoms with van der Waals surface area (Å²) in [6, 6.07) is 14.9. The van der Waals surface area contributed by atoms with Crippen LogP contribution in [0.3, 0.4) is 0 Å². The number of benzene rings is 2. The molecule has 1 unspecified atom stereocenters. The summed E-state index contributed by atoms with van der Waals surface area (Å²) in [6.07, 6.45) is 3.81. The van der Waals surface area contributed by atoms with Gasteiger partial charge in [0.05, 0.1) is 21.8 Å².